The number of hydrogen-bond acceptors (Lipinski definition) is 4. The van der Waals surface area contributed by atoms with Gasteiger partial charge in [0, 0.05) is 51.6 Å². The molecule has 1 aromatic heterocycles. The third-order valence-corrected chi connectivity index (χ3v) is 5.42. The standard InChI is InChI=1S/C20H32FN5O/c1-3-22-19(24-15-20(8-9-20)10-13-27-4-2)25-16-7-12-26(14-16)18-17(21)6-5-11-23-18/h5-6,11,16H,3-4,7-10,12-15H2,1-2H3,(H2,22,24,25). The highest BCUT2D eigenvalue weighted by Gasteiger charge is 2.42. The van der Waals surface area contributed by atoms with Gasteiger partial charge in [0.25, 0.3) is 0 Å². The van der Waals surface area contributed by atoms with E-state index >= 15 is 0 Å². The van der Waals surface area contributed by atoms with Crippen molar-refractivity contribution in [1.82, 2.24) is 15.6 Å². The molecule has 27 heavy (non-hydrogen) atoms. The summed E-state index contributed by atoms with van der Waals surface area (Å²) in [6.45, 7) is 8.89. The van der Waals surface area contributed by atoms with Gasteiger partial charge in [-0.2, -0.15) is 0 Å². The quantitative estimate of drug-likeness (QED) is 0.393. The number of hydrogen-bond donors (Lipinski definition) is 2. The van der Waals surface area contributed by atoms with Gasteiger partial charge in [-0.3, -0.25) is 4.99 Å². The molecule has 3 rings (SSSR count). The molecule has 150 valence electrons. The summed E-state index contributed by atoms with van der Waals surface area (Å²) < 4.78 is 19.5. The van der Waals surface area contributed by atoms with E-state index in [-0.39, 0.29) is 11.9 Å². The summed E-state index contributed by atoms with van der Waals surface area (Å²) in [5.74, 6) is 1.04. The third-order valence-electron chi connectivity index (χ3n) is 5.42. The minimum Gasteiger partial charge on any atom is -0.382 e. The molecule has 0 amide bonds. The number of pyridine rings is 1. The van der Waals surface area contributed by atoms with E-state index in [2.05, 4.69) is 22.5 Å². The Kier molecular flexibility index (Phi) is 6.88. The Hall–Kier alpha value is -1.89. The molecular formula is C20H32FN5O. The van der Waals surface area contributed by atoms with Crippen LogP contribution in [0.3, 0.4) is 0 Å². The van der Waals surface area contributed by atoms with E-state index in [0.717, 1.165) is 58.2 Å². The van der Waals surface area contributed by atoms with Crippen LogP contribution in [0, 0.1) is 11.2 Å². The summed E-state index contributed by atoms with van der Waals surface area (Å²) in [4.78, 5) is 11.0. The van der Waals surface area contributed by atoms with E-state index in [1.54, 1.807) is 12.3 Å². The van der Waals surface area contributed by atoms with Crippen LogP contribution in [0.2, 0.25) is 0 Å². The molecule has 1 aromatic rings. The first-order valence-corrected chi connectivity index (χ1v) is 10.1. The van der Waals surface area contributed by atoms with Gasteiger partial charge in [-0.1, -0.05) is 0 Å². The van der Waals surface area contributed by atoms with E-state index < -0.39 is 0 Å². The van der Waals surface area contributed by atoms with Crippen LogP contribution in [-0.2, 0) is 4.74 Å². The van der Waals surface area contributed by atoms with E-state index in [4.69, 9.17) is 9.73 Å². The van der Waals surface area contributed by atoms with Crippen LogP contribution >= 0.6 is 0 Å². The average Bonchev–Trinajstić information content (AvgIpc) is 3.29. The van der Waals surface area contributed by atoms with Gasteiger partial charge in [0.15, 0.2) is 17.6 Å². The predicted molar refractivity (Wildman–Crippen MR) is 107 cm³/mol. The normalized spacial score (nSPS) is 21.4. The maximum Gasteiger partial charge on any atom is 0.191 e. The molecule has 2 aliphatic rings. The van der Waals surface area contributed by atoms with Crippen LogP contribution < -0.4 is 15.5 Å². The van der Waals surface area contributed by atoms with Gasteiger partial charge in [-0.25, -0.2) is 9.37 Å². The Morgan fingerprint density at radius 3 is 3.00 bits per heavy atom. The fourth-order valence-electron chi connectivity index (χ4n) is 3.54. The van der Waals surface area contributed by atoms with E-state index in [1.165, 1.54) is 18.9 Å². The summed E-state index contributed by atoms with van der Waals surface area (Å²) in [6.07, 6.45) is 6.14. The number of anilines is 1. The van der Waals surface area contributed by atoms with E-state index in [0.29, 0.717) is 11.2 Å². The zero-order valence-corrected chi connectivity index (χ0v) is 16.5. The lowest BCUT2D eigenvalue weighted by atomic mass is 10.0. The molecule has 1 aliphatic heterocycles. The highest BCUT2D eigenvalue weighted by molar-refractivity contribution is 5.80. The Morgan fingerprint density at radius 1 is 1.44 bits per heavy atom. The SMILES string of the molecule is CCNC(=NCC1(CCOCC)CC1)NC1CCN(c2ncccc2F)C1. The number of halogens is 1. The predicted octanol–water partition coefficient (Wildman–Crippen LogP) is 2.56. The van der Waals surface area contributed by atoms with Gasteiger partial charge in [0.1, 0.15) is 0 Å². The second kappa shape index (κ2) is 9.35. The monoisotopic (exact) mass is 377 g/mol. The smallest absolute Gasteiger partial charge is 0.191 e. The number of aromatic nitrogens is 1. The molecule has 0 aromatic carbocycles. The minimum atomic E-state index is -0.260. The number of rotatable bonds is 9. The number of guanidine groups is 1. The summed E-state index contributed by atoms with van der Waals surface area (Å²) in [5.41, 5.74) is 0.330. The zero-order chi connectivity index (χ0) is 19.1. The molecule has 1 saturated heterocycles. The summed E-state index contributed by atoms with van der Waals surface area (Å²) in [5, 5.41) is 6.86. The van der Waals surface area contributed by atoms with E-state index in [9.17, 15) is 4.39 Å². The van der Waals surface area contributed by atoms with Crippen molar-refractivity contribution >= 4 is 11.8 Å². The molecule has 2 N–H and O–H groups in total. The first-order chi connectivity index (χ1) is 13.2. The maximum atomic E-state index is 14.0. The first kappa shape index (κ1) is 19.9. The van der Waals surface area contributed by atoms with Gasteiger partial charge in [-0.15, -0.1) is 0 Å². The summed E-state index contributed by atoms with van der Waals surface area (Å²) in [6, 6.07) is 3.33. The molecule has 1 saturated carbocycles. The van der Waals surface area contributed by atoms with Crippen LogP contribution in [0.25, 0.3) is 0 Å². The first-order valence-electron chi connectivity index (χ1n) is 10.1. The van der Waals surface area contributed by atoms with E-state index in [1.807, 2.05) is 11.8 Å². The molecule has 7 heteroatoms. The minimum absolute atomic E-state index is 0.239. The second-order valence-corrected chi connectivity index (χ2v) is 7.53. The van der Waals surface area contributed by atoms with Crippen LogP contribution in [0.1, 0.15) is 39.5 Å². The highest BCUT2D eigenvalue weighted by Crippen LogP contribution is 2.49. The molecule has 2 fully saturated rings. The Balaban J connectivity index is 1.53. The maximum absolute atomic E-state index is 14.0. The topological polar surface area (TPSA) is 61.8 Å². The molecule has 1 unspecified atom stereocenters. The number of nitrogens with zero attached hydrogens (tertiary/aromatic N) is 3. The van der Waals surface area contributed by atoms with Crippen molar-refractivity contribution in [2.45, 2.75) is 45.6 Å². The molecule has 1 atom stereocenters. The lowest BCUT2D eigenvalue weighted by molar-refractivity contribution is 0.129. The van der Waals surface area contributed by atoms with Crippen molar-refractivity contribution in [3.63, 3.8) is 0 Å². The molecule has 1 aliphatic carbocycles. The molecule has 2 heterocycles. The van der Waals surface area contributed by atoms with Crippen LogP contribution in [0.4, 0.5) is 10.2 Å². The van der Waals surface area contributed by atoms with Crippen molar-refractivity contribution in [3.05, 3.63) is 24.1 Å². The summed E-state index contributed by atoms with van der Waals surface area (Å²) >= 11 is 0. The largest absolute Gasteiger partial charge is 0.382 e. The third kappa shape index (κ3) is 5.54. The molecule has 6 nitrogen and oxygen atoms in total. The van der Waals surface area contributed by atoms with Gasteiger partial charge in [-0.05, 0) is 57.1 Å². The van der Waals surface area contributed by atoms with Crippen molar-refractivity contribution < 1.29 is 9.13 Å². The van der Waals surface area contributed by atoms with Crippen molar-refractivity contribution in [3.8, 4) is 0 Å². The number of aliphatic imine (C=N–C) groups is 1. The van der Waals surface area contributed by atoms with Crippen molar-refractivity contribution in [2.24, 2.45) is 10.4 Å². The fourth-order valence-corrected chi connectivity index (χ4v) is 3.54. The van der Waals surface area contributed by atoms with Crippen molar-refractivity contribution in [2.75, 3.05) is 44.3 Å². The summed E-state index contributed by atoms with van der Waals surface area (Å²) in [7, 11) is 0. The Bertz CT molecular complexity index is 635. The second-order valence-electron chi connectivity index (χ2n) is 7.53. The van der Waals surface area contributed by atoms with Gasteiger partial charge < -0.3 is 20.3 Å². The lowest BCUT2D eigenvalue weighted by Crippen LogP contribution is -2.45. The van der Waals surface area contributed by atoms with Gasteiger partial charge in [0.2, 0.25) is 0 Å². The van der Waals surface area contributed by atoms with Crippen LogP contribution in [0.5, 0.6) is 0 Å². The zero-order valence-electron chi connectivity index (χ0n) is 16.5. The Labute approximate surface area is 161 Å². The lowest BCUT2D eigenvalue weighted by Gasteiger charge is -2.20. The van der Waals surface area contributed by atoms with Crippen molar-refractivity contribution in [1.29, 1.82) is 0 Å². The van der Waals surface area contributed by atoms with Crippen LogP contribution in [0.15, 0.2) is 23.3 Å². The number of nitrogens with one attached hydrogen (secondary N) is 2. The van der Waals surface area contributed by atoms with Crippen LogP contribution in [-0.4, -0.2) is 56.4 Å². The molecule has 0 radical (unpaired) electrons. The average molecular weight is 378 g/mol. The molecular weight excluding hydrogens is 345 g/mol. The number of ether oxygens (including phenoxy) is 1. The fraction of sp³-hybridized carbons (Fsp3) is 0.700. The van der Waals surface area contributed by atoms with Gasteiger partial charge >= 0.3 is 0 Å². The molecule has 0 bridgehead atoms. The highest BCUT2D eigenvalue weighted by atomic mass is 19.1. The Morgan fingerprint density at radius 2 is 2.30 bits per heavy atom. The van der Waals surface area contributed by atoms with Gasteiger partial charge in [0.05, 0.1) is 0 Å². The molecule has 0 spiro atoms.